The lowest BCUT2D eigenvalue weighted by Gasteiger charge is -2.30. The van der Waals surface area contributed by atoms with Crippen LogP contribution in [0, 0.1) is 5.41 Å². The summed E-state index contributed by atoms with van der Waals surface area (Å²) in [5.41, 5.74) is -0.231. The Bertz CT molecular complexity index is 553. The molecule has 1 aliphatic rings. The molecule has 2 atom stereocenters. The summed E-state index contributed by atoms with van der Waals surface area (Å²) in [6.45, 7) is 2.34. The van der Waals surface area contributed by atoms with Crippen LogP contribution >= 0.6 is 0 Å². The number of amides is 2. The number of aliphatic hydroxyl groups excluding tert-OH is 1. The number of carbonyl (C=O) groups is 2. The minimum Gasteiger partial charge on any atom is -0.465 e. The molecule has 23 heavy (non-hydrogen) atoms. The van der Waals surface area contributed by atoms with Gasteiger partial charge in [0.2, 0.25) is 11.8 Å². The molecule has 0 aromatic carbocycles. The number of aliphatic hydroxyl groups is 1. The van der Waals surface area contributed by atoms with E-state index >= 15 is 0 Å². The molecule has 1 aromatic heterocycles. The maximum absolute atomic E-state index is 12.0. The first-order valence-corrected chi connectivity index (χ1v) is 7.93. The Morgan fingerprint density at radius 1 is 1.52 bits per heavy atom. The van der Waals surface area contributed by atoms with Gasteiger partial charge in [-0.05, 0) is 31.1 Å². The maximum atomic E-state index is 12.0. The topological polar surface area (TPSA) is 91.6 Å². The fourth-order valence-electron chi connectivity index (χ4n) is 2.84. The van der Waals surface area contributed by atoms with E-state index in [9.17, 15) is 14.7 Å². The number of hydrogen-bond donors (Lipinski definition) is 3. The van der Waals surface area contributed by atoms with Gasteiger partial charge in [-0.25, -0.2) is 0 Å². The molecule has 6 nitrogen and oxygen atoms in total. The summed E-state index contributed by atoms with van der Waals surface area (Å²) < 4.78 is 5.08. The summed E-state index contributed by atoms with van der Waals surface area (Å²) in [6.07, 6.45) is 7.51. The van der Waals surface area contributed by atoms with E-state index in [2.05, 4.69) is 10.6 Å². The van der Waals surface area contributed by atoms with Gasteiger partial charge in [0.15, 0.2) is 0 Å². The van der Waals surface area contributed by atoms with Gasteiger partial charge in [0.1, 0.15) is 5.76 Å². The van der Waals surface area contributed by atoms with Gasteiger partial charge in [0, 0.05) is 30.5 Å². The molecule has 2 amide bonds. The summed E-state index contributed by atoms with van der Waals surface area (Å²) in [6, 6.07) is 3.50. The van der Waals surface area contributed by atoms with Crippen LogP contribution in [0.2, 0.25) is 0 Å². The maximum Gasteiger partial charge on any atom is 0.244 e. The first-order chi connectivity index (χ1) is 11.0. The lowest BCUT2D eigenvalue weighted by atomic mass is 9.86. The summed E-state index contributed by atoms with van der Waals surface area (Å²) in [5.74, 6) is 0.226. The molecule has 0 aliphatic heterocycles. The molecule has 1 aromatic rings. The molecule has 1 heterocycles. The van der Waals surface area contributed by atoms with Gasteiger partial charge < -0.3 is 20.2 Å². The highest BCUT2D eigenvalue weighted by Gasteiger charge is 2.38. The monoisotopic (exact) mass is 320 g/mol. The molecule has 0 saturated heterocycles. The Balaban J connectivity index is 1.67. The first kappa shape index (κ1) is 17.3. The van der Waals surface area contributed by atoms with E-state index in [-0.39, 0.29) is 42.8 Å². The highest BCUT2D eigenvalue weighted by Crippen LogP contribution is 2.37. The molecule has 0 bridgehead atoms. The van der Waals surface area contributed by atoms with Crippen LogP contribution in [0.15, 0.2) is 28.9 Å². The molecule has 2 unspecified atom stereocenters. The Hall–Kier alpha value is -2.08. The van der Waals surface area contributed by atoms with E-state index in [0.29, 0.717) is 5.76 Å². The molecule has 2 rings (SSSR count). The van der Waals surface area contributed by atoms with Gasteiger partial charge in [-0.2, -0.15) is 0 Å². The SMILES string of the molecule is CC1(CO)CCCC1NC(=O)CCNC(=O)/C=C/c1ccco1. The molecule has 1 fully saturated rings. The average Bonchev–Trinajstić information content (AvgIpc) is 3.16. The number of rotatable bonds is 7. The summed E-state index contributed by atoms with van der Waals surface area (Å²) in [7, 11) is 0. The van der Waals surface area contributed by atoms with Crippen molar-refractivity contribution in [2.24, 2.45) is 5.41 Å². The van der Waals surface area contributed by atoms with Gasteiger partial charge >= 0.3 is 0 Å². The van der Waals surface area contributed by atoms with Gasteiger partial charge in [0.05, 0.1) is 12.9 Å². The third kappa shape index (κ3) is 4.96. The number of nitrogens with one attached hydrogen (secondary N) is 2. The minimum absolute atomic E-state index is 0.00884. The van der Waals surface area contributed by atoms with E-state index in [1.54, 1.807) is 18.2 Å². The third-order valence-corrected chi connectivity index (χ3v) is 4.37. The Labute approximate surface area is 135 Å². The van der Waals surface area contributed by atoms with Gasteiger partial charge in [-0.3, -0.25) is 9.59 Å². The second kappa shape index (κ2) is 7.97. The lowest BCUT2D eigenvalue weighted by Crippen LogP contribution is -2.45. The van der Waals surface area contributed by atoms with Crippen molar-refractivity contribution in [2.75, 3.05) is 13.2 Å². The molecule has 126 valence electrons. The molecule has 0 radical (unpaired) electrons. The van der Waals surface area contributed by atoms with Crippen molar-refractivity contribution in [3.63, 3.8) is 0 Å². The smallest absolute Gasteiger partial charge is 0.244 e. The van der Waals surface area contributed by atoms with Crippen molar-refractivity contribution in [3.8, 4) is 0 Å². The molecule has 0 spiro atoms. The van der Waals surface area contributed by atoms with Crippen molar-refractivity contribution in [3.05, 3.63) is 30.2 Å². The fraction of sp³-hybridized carbons (Fsp3) is 0.529. The molecule has 3 N–H and O–H groups in total. The largest absolute Gasteiger partial charge is 0.465 e. The predicted molar refractivity (Wildman–Crippen MR) is 86.3 cm³/mol. The number of hydrogen-bond acceptors (Lipinski definition) is 4. The molecule has 6 heteroatoms. The quantitative estimate of drug-likeness (QED) is 0.663. The van der Waals surface area contributed by atoms with Crippen LogP contribution in [0.25, 0.3) is 6.08 Å². The van der Waals surface area contributed by atoms with Crippen LogP contribution in [-0.2, 0) is 9.59 Å². The zero-order valence-corrected chi connectivity index (χ0v) is 13.4. The van der Waals surface area contributed by atoms with E-state index in [0.717, 1.165) is 19.3 Å². The highest BCUT2D eigenvalue weighted by molar-refractivity contribution is 5.91. The van der Waals surface area contributed by atoms with Crippen LogP contribution in [0.3, 0.4) is 0 Å². The van der Waals surface area contributed by atoms with Crippen LogP contribution < -0.4 is 10.6 Å². The first-order valence-electron chi connectivity index (χ1n) is 7.93. The second-order valence-electron chi connectivity index (χ2n) is 6.21. The average molecular weight is 320 g/mol. The highest BCUT2D eigenvalue weighted by atomic mass is 16.3. The van der Waals surface area contributed by atoms with Crippen LogP contribution in [0.1, 0.15) is 38.4 Å². The van der Waals surface area contributed by atoms with Gasteiger partial charge in [-0.15, -0.1) is 0 Å². The van der Waals surface area contributed by atoms with E-state index in [4.69, 9.17) is 4.42 Å². The van der Waals surface area contributed by atoms with Crippen LogP contribution in [0.4, 0.5) is 0 Å². The minimum atomic E-state index is -0.268. The third-order valence-electron chi connectivity index (χ3n) is 4.37. The standard InChI is InChI=1S/C17H24N2O4/c1-17(12-20)9-2-5-14(17)19-16(22)8-10-18-15(21)7-6-13-4-3-11-23-13/h3-4,6-7,11,14,20H,2,5,8-10,12H2,1H3,(H,18,21)(H,19,22)/b7-6+. The molecule has 1 saturated carbocycles. The Kier molecular flexibility index (Phi) is 5.98. The Morgan fingerprint density at radius 3 is 3.04 bits per heavy atom. The van der Waals surface area contributed by atoms with E-state index in [1.807, 2.05) is 6.92 Å². The van der Waals surface area contributed by atoms with Crippen molar-refractivity contribution < 1.29 is 19.1 Å². The molecule has 1 aliphatic carbocycles. The van der Waals surface area contributed by atoms with Crippen LogP contribution in [0.5, 0.6) is 0 Å². The normalized spacial score (nSPS) is 24.0. The van der Waals surface area contributed by atoms with E-state index < -0.39 is 0 Å². The van der Waals surface area contributed by atoms with Gasteiger partial charge in [0.25, 0.3) is 0 Å². The summed E-state index contributed by atoms with van der Waals surface area (Å²) in [5, 5.41) is 15.1. The summed E-state index contributed by atoms with van der Waals surface area (Å²) in [4.78, 5) is 23.6. The lowest BCUT2D eigenvalue weighted by molar-refractivity contribution is -0.122. The van der Waals surface area contributed by atoms with Crippen molar-refractivity contribution in [1.29, 1.82) is 0 Å². The number of carbonyl (C=O) groups excluding carboxylic acids is 2. The zero-order valence-electron chi connectivity index (χ0n) is 13.4. The predicted octanol–water partition coefficient (Wildman–Crippen LogP) is 1.47. The fourth-order valence-corrected chi connectivity index (χ4v) is 2.84. The van der Waals surface area contributed by atoms with Crippen molar-refractivity contribution >= 4 is 17.9 Å². The van der Waals surface area contributed by atoms with E-state index in [1.165, 1.54) is 12.3 Å². The Morgan fingerprint density at radius 2 is 2.35 bits per heavy atom. The van der Waals surface area contributed by atoms with Crippen molar-refractivity contribution in [2.45, 2.75) is 38.6 Å². The zero-order chi connectivity index (χ0) is 16.7. The molecular weight excluding hydrogens is 296 g/mol. The van der Waals surface area contributed by atoms with Crippen molar-refractivity contribution in [1.82, 2.24) is 10.6 Å². The molecular formula is C17H24N2O4. The second-order valence-corrected chi connectivity index (χ2v) is 6.21. The van der Waals surface area contributed by atoms with Crippen LogP contribution in [-0.4, -0.2) is 36.1 Å². The van der Waals surface area contributed by atoms with Gasteiger partial charge in [-0.1, -0.05) is 13.3 Å². The summed E-state index contributed by atoms with van der Waals surface area (Å²) >= 11 is 0. The number of furan rings is 1.